The molecule has 0 radical (unpaired) electrons. The number of cyclic esters (lactones) is 1. The van der Waals surface area contributed by atoms with Gasteiger partial charge in [0.15, 0.2) is 0 Å². The average molecular weight is 849 g/mol. The van der Waals surface area contributed by atoms with Crippen molar-refractivity contribution in [1.82, 2.24) is 4.90 Å². The molecule has 2 bridgehead atoms. The molecule has 4 aliphatic rings. The van der Waals surface area contributed by atoms with Gasteiger partial charge in [0, 0.05) is 77.5 Å². The standard InChI is InChI=1S/C45H72N2O13/c1-26-18-31(12-8-10-16-46)37(51)24-36(50)29(4)40(27(2)20-30-14-15-35(49)32(22-30)25-48)59-44(54)34-13-9-11-17-47(34)43(53)42(52)45(55)28(3)21-38(57-6)41(60-45)39(58-7)23-33(19-26)56-5/h8,10,18,20,28-36,38-41,48-50,55H,9,11-17,19,21-25,46H2,1-7H3/b10-8+,26-18+,27-20+/t28-,29-,30+,31-,32+,33+,34+,35-,36+,38+,39+,40-,41+,45-/m1/s1. The van der Waals surface area contributed by atoms with Crippen LogP contribution >= 0.6 is 0 Å². The molecule has 60 heavy (non-hydrogen) atoms. The van der Waals surface area contributed by atoms with Crippen LogP contribution in [0.4, 0.5) is 0 Å². The molecule has 0 unspecified atom stereocenters. The van der Waals surface area contributed by atoms with E-state index in [1.54, 1.807) is 34.0 Å². The Kier molecular flexibility index (Phi) is 19.1. The van der Waals surface area contributed by atoms with Crippen molar-refractivity contribution in [2.75, 3.05) is 41.0 Å². The zero-order chi connectivity index (χ0) is 44.3. The van der Waals surface area contributed by atoms with Gasteiger partial charge in [-0.3, -0.25) is 14.4 Å². The van der Waals surface area contributed by atoms with Crippen LogP contribution in [0.15, 0.2) is 35.5 Å². The number of hydrogen-bond donors (Lipinski definition) is 5. The van der Waals surface area contributed by atoms with Crippen LogP contribution in [0.3, 0.4) is 0 Å². The number of esters is 1. The van der Waals surface area contributed by atoms with Gasteiger partial charge in [-0.15, -0.1) is 0 Å². The Morgan fingerprint density at radius 2 is 1.65 bits per heavy atom. The summed E-state index contributed by atoms with van der Waals surface area (Å²) >= 11 is 0. The van der Waals surface area contributed by atoms with Gasteiger partial charge in [-0.1, -0.05) is 43.7 Å². The van der Waals surface area contributed by atoms with Gasteiger partial charge in [-0.05, 0) is 83.1 Å². The Morgan fingerprint density at radius 1 is 0.950 bits per heavy atom. The van der Waals surface area contributed by atoms with E-state index in [0.29, 0.717) is 57.1 Å². The molecule has 15 nitrogen and oxygen atoms in total. The molecule has 1 amide bonds. The summed E-state index contributed by atoms with van der Waals surface area (Å²) < 4.78 is 30.1. The van der Waals surface area contributed by atoms with Crippen molar-refractivity contribution in [2.45, 2.75) is 153 Å². The first-order valence-corrected chi connectivity index (χ1v) is 21.8. The lowest BCUT2D eigenvalue weighted by atomic mass is 9.78. The highest BCUT2D eigenvalue weighted by molar-refractivity contribution is 6.39. The molecule has 3 aliphatic heterocycles. The molecule has 1 saturated carbocycles. The Morgan fingerprint density at radius 3 is 2.30 bits per heavy atom. The maximum atomic E-state index is 14.4. The van der Waals surface area contributed by atoms with Crippen LogP contribution in [0.5, 0.6) is 0 Å². The number of nitrogens with two attached hydrogens (primary N) is 1. The molecule has 340 valence electrons. The van der Waals surface area contributed by atoms with Gasteiger partial charge in [-0.2, -0.15) is 0 Å². The summed E-state index contributed by atoms with van der Waals surface area (Å²) in [7, 11) is 4.53. The number of ether oxygens (including phenoxy) is 5. The number of amides is 1. The van der Waals surface area contributed by atoms with Crippen LogP contribution in [-0.2, 0) is 42.9 Å². The lowest BCUT2D eigenvalue weighted by Crippen LogP contribution is -2.64. The molecular weight excluding hydrogens is 776 g/mol. The number of ketones is 2. The Bertz CT molecular complexity index is 1550. The number of rotatable bonds is 9. The molecular formula is C45H72N2O13. The normalized spacial score (nSPS) is 39.7. The third-order valence-corrected chi connectivity index (χ3v) is 13.3. The number of methoxy groups -OCH3 is 3. The Balaban J connectivity index is 1.81. The molecule has 2 saturated heterocycles. The minimum atomic E-state index is -2.57. The number of aliphatic hydroxyl groups is 4. The molecule has 0 aromatic rings. The summed E-state index contributed by atoms with van der Waals surface area (Å²) in [6.07, 6.45) is 5.43. The fraction of sp³-hybridized carbons (Fsp3) is 0.778. The third-order valence-electron chi connectivity index (χ3n) is 13.3. The van der Waals surface area contributed by atoms with Gasteiger partial charge >= 0.3 is 5.97 Å². The number of carbonyl (C=O) groups excluding carboxylic acids is 4. The number of aliphatic hydroxyl groups excluding tert-OH is 3. The number of hydrogen-bond acceptors (Lipinski definition) is 14. The van der Waals surface area contributed by atoms with Crippen LogP contribution in [0, 0.1) is 29.6 Å². The van der Waals surface area contributed by atoms with Gasteiger partial charge in [0.1, 0.15) is 24.0 Å². The number of nitrogens with zero attached hydrogens (tertiary/aromatic N) is 1. The lowest BCUT2D eigenvalue weighted by Gasteiger charge is -2.47. The SMILES string of the molecule is CO[C@H]1C/C(C)=C/[C@@H](C/C=C/CN)C(=O)C[C@H](O)[C@@H](C)[C@@H](/C(C)=C/[C@@H]2CC[C@@H](O)[C@H](CO)C2)OC(=O)[C@@H]2CCCCN2C(=O)C(=O)[C@]2(O)O[C@H]([C@@H](OC)C1)[C@@H](OC)C[C@H]2C. The van der Waals surface area contributed by atoms with Crippen molar-refractivity contribution >= 4 is 23.4 Å². The van der Waals surface area contributed by atoms with Crippen molar-refractivity contribution in [3.63, 3.8) is 0 Å². The van der Waals surface area contributed by atoms with Gasteiger partial charge in [0.2, 0.25) is 5.79 Å². The quantitative estimate of drug-likeness (QED) is 0.128. The van der Waals surface area contributed by atoms with E-state index in [1.165, 1.54) is 14.2 Å². The van der Waals surface area contributed by atoms with E-state index in [4.69, 9.17) is 29.4 Å². The smallest absolute Gasteiger partial charge is 0.329 e. The van der Waals surface area contributed by atoms with Crippen molar-refractivity contribution in [3.8, 4) is 0 Å². The van der Waals surface area contributed by atoms with Crippen molar-refractivity contribution in [1.29, 1.82) is 0 Å². The highest BCUT2D eigenvalue weighted by atomic mass is 16.7. The summed E-state index contributed by atoms with van der Waals surface area (Å²) in [6.45, 7) is 7.15. The summed E-state index contributed by atoms with van der Waals surface area (Å²) in [6, 6.07) is -1.18. The molecule has 6 N–H and O–H groups in total. The van der Waals surface area contributed by atoms with Gasteiger partial charge in [-0.25, -0.2) is 4.79 Å². The number of allylic oxidation sites excluding steroid dienone is 3. The van der Waals surface area contributed by atoms with E-state index >= 15 is 0 Å². The largest absolute Gasteiger partial charge is 0.456 e. The van der Waals surface area contributed by atoms with E-state index in [-0.39, 0.29) is 56.5 Å². The van der Waals surface area contributed by atoms with Crippen molar-refractivity contribution < 1.29 is 63.3 Å². The monoisotopic (exact) mass is 849 g/mol. The topological polar surface area (TPSA) is 225 Å². The van der Waals surface area contributed by atoms with Crippen LogP contribution in [-0.4, -0.2) is 144 Å². The van der Waals surface area contributed by atoms with Crippen LogP contribution in [0.25, 0.3) is 0 Å². The lowest BCUT2D eigenvalue weighted by molar-refractivity contribution is -0.303. The summed E-state index contributed by atoms with van der Waals surface area (Å²) in [4.78, 5) is 58.2. The molecule has 4 rings (SSSR count). The zero-order valence-electron chi connectivity index (χ0n) is 36.7. The summed E-state index contributed by atoms with van der Waals surface area (Å²) in [5.41, 5.74) is 7.18. The van der Waals surface area contributed by atoms with Crippen LogP contribution in [0.1, 0.15) is 98.3 Å². The highest BCUT2D eigenvalue weighted by Gasteiger charge is 2.56. The molecule has 3 fully saturated rings. The number of piperidine rings is 1. The van der Waals surface area contributed by atoms with Crippen LogP contribution in [0.2, 0.25) is 0 Å². The first-order valence-electron chi connectivity index (χ1n) is 21.8. The van der Waals surface area contributed by atoms with E-state index in [2.05, 4.69) is 0 Å². The molecule has 1 aliphatic carbocycles. The first kappa shape index (κ1) is 49.8. The van der Waals surface area contributed by atoms with E-state index in [1.807, 2.05) is 25.2 Å². The fourth-order valence-corrected chi connectivity index (χ4v) is 9.52. The predicted octanol–water partition coefficient (Wildman–Crippen LogP) is 2.94. The highest BCUT2D eigenvalue weighted by Crippen LogP contribution is 2.39. The van der Waals surface area contributed by atoms with E-state index in [9.17, 15) is 39.6 Å². The first-order chi connectivity index (χ1) is 28.5. The second-order valence-corrected chi connectivity index (χ2v) is 17.6. The minimum absolute atomic E-state index is 0.0562. The predicted molar refractivity (Wildman–Crippen MR) is 222 cm³/mol. The maximum absolute atomic E-state index is 14.4. The zero-order valence-corrected chi connectivity index (χ0v) is 36.7. The van der Waals surface area contributed by atoms with Gasteiger partial charge in [0.25, 0.3) is 11.7 Å². The van der Waals surface area contributed by atoms with Gasteiger partial charge < -0.3 is 54.7 Å². The van der Waals surface area contributed by atoms with E-state index < -0.39 is 90.0 Å². The molecule has 15 heteroatoms. The summed E-state index contributed by atoms with van der Waals surface area (Å²) in [5, 5.41) is 44.2. The van der Waals surface area contributed by atoms with E-state index in [0.717, 1.165) is 10.5 Å². The summed E-state index contributed by atoms with van der Waals surface area (Å²) in [5.74, 6) is -8.53. The second-order valence-electron chi connectivity index (χ2n) is 17.6. The fourth-order valence-electron chi connectivity index (χ4n) is 9.52. The minimum Gasteiger partial charge on any atom is -0.456 e. The van der Waals surface area contributed by atoms with Crippen molar-refractivity contribution in [3.05, 3.63) is 35.5 Å². The molecule has 0 spiro atoms. The Labute approximate surface area is 355 Å². The van der Waals surface area contributed by atoms with Crippen LogP contribution < -0.4 is 5.73 Å². The number of carbonyl (C=O) groups is 4. The molecule has 0 aromatic heterocycles. The van der Waals surface area contributed by atoms with Crippen molar-refractivity contribution in [2.24, 2.45) is 35.3 Å². The number of fused-ring (bicyclic) bond motifs is 3. The maximum Gasteiger partial charge on any atom is 0.329 e. The molecule has 14 atom stereocenters. The average Bonchev–Trinajstić information content (AvgIpc) is 3.24. The Hall–Kier alpha value is -2.86. The molecule has 0 aromatic carbocycles. The third kappa shape index (κ3) is 12.2. The number of Topliss-reactive ketones (excluding diaryl/α,β-unsaturated/α-hetero) is 2. The van der Waals surface area contributed by atoms with Gasteiger partial charge in [0.05, 0.1) is 30.5 Å². The molecule has 3 heterocycles. The second kappa shape index (κ2) is 23.0.